The first kappa shape index (κ1) is 16.5. The molecule has 130 valence electrons. The lowest BCUT2D eigenvalue weighted by Gasteiger charge is -2.22. The van der Waals surface area contributed by atoms with Crippen LogP contribution in [0.4, 0.5) is 0 Å². The van der Waals surface area contributed by atoms with E-state index < -0.39 is 5.97 Å². The van der Waals surface area contributed by atoms with Crippen LogP contribution in [0.15, 0.2) is 29.6 Å². The van der Waals surface area contributed by atoms with Crippen molar-refractivity contribution in [2.45, 2.75) is 25.2 Å². The van der Waals surface area contributed by atoms with Crippen molar-refractivity contribution in [2.75, 3.05) is 0 Å². The number of carboxylic acid groups (broad SMARTS) is 1. The lowest BCUT2D eigenvalue weighted by molar-refractivity contribution is 0.0686. The van der Waals surface area contributed by atoms with Gasteiger partial charge in [-0.2, -0.15) is 0 Å². The summed E-state index contributed by atoms with van der Waals surface area (Å²) < 4.78 is 1.26. The van der Waals surface area contributed by atoms with Gasteiger partial charge in [0.15, 0.2) is 10.7 Å². The second-order valence-corrected chi connectivity index (χ2v) is 7.11. The van der Waals surface area contributed by atoms with E-state index in [2.05, 4.69) is 32.5 Å². The second-order valence-electron chi connectivity index (χ2n) is 6.25. The minimum atomic E-state index is -1.06. The molecule has 26 heavy (non-hydrogen) atoms. The number of aromatic carboxylic acids is 1. The van der Waals surface area contributed by atoms with Crippen LogP contribution >= 0.6 is 11.3 Å². The van der Waals surface area contributed by atoms with Gasteiger partial charge < -0.3 is 5.11 Å². The van der Waals surface area contributed by atoms with Gasteiger partial charge in [-0.3, -0.25) is 0 Å². The van der Waals surface area contributed by atoms with E-state index in [-0.39, 0.29) is 5.69 Å². The third-order valence-electron chi connectivity index (χ3n) is 4.52. The topological polar surface area (TPSA) is 80.9 Å². The smallest absolute Gasteiger partial charge is 0.356 e. The number of thiazole rings is 1. The van der Waals surface area contributed by atoms with Gasteiger partial charge in [-0.1, -0.05) is 29.7 Å². The molecule has 0 spiro atoms. The number of hydrogen-bond acceptors (Lipinski definition) is 5. The fourth-order valence-corrected chi connectivity index (χ4v) is 3.64. The molecule has 4 rings (SSSR count). The van der Waals surface area contributed by atoms with Crippen molar-refractivity contribution in [1.82, 2.24) is 20.0 Å². The molecular weight excluding hydrogens is 348 g/mol. The largest absolute Gasteiger partial charge is 0.476 e. The van der Waals surface area contributed by atoms with Crippen LogP contribution < -0.4 is 0 Å². The van der Waals surface area contributed by atoms with Crippen molar-refractivity contribution in [2.24, 2.45) is 7.05 Å². The first-order valence-electron chi connectivity index (χ1n) is 8.32. The zero-order valence-electron chi connectivity index (χ0n) is 14.1. The molecule has 6 nitrogen and oxygen atoms in total. The van der Waals surface area contributed by atoms with E-state index in [9.17, 15) is 9.90 Å². The summed E-state index contributed by atoms with van der Waals surface area (Å²) in [4.78, 5) is 16.0. The van der Waals surface area contributed by atoms with Gasteiger partial charge in [0.2, 0.25) is 0 Å². The summed E-state index contributed by atoms with van der Waals surface area (Å²) in [5.74, 6) is 5.76. The Labute approximate surface area is 154 Å². The van der Waals surface area contributed by atoms with Gasteiger partial charge >= 0.3 is 5.97 Å². The number of carbonyl (C=O) groups is 1. The molecule has 0 aliphatic heterocycles. The highest BCUT2D eigenvalue weighted by atomic mass is 32.1. The highest BCUT2D eigenvalue weighted by Crippen LogP contribution is 2.36. The fourth-order valence-electron chi connectivity index (χ4n) is 2.90. The Morgan fingerprint density at radius 2 is 2.19 bits per heavy atom. The Kier molecular flexibility index (Phi) is 4.27. The van der Waals surface area contributed by atoms with Crippen LogP contribution in [-0.4, -0.2) is 31.1 Å². The molecule has 1 aromatic carbocycles. The zero-order valence-corrected chi connectivity index (χ0v) is 15.0. The Morgan fingerprint density at radius 1 is 1.35 bits per heavy atom. The SMILES string of the molecule is Cn1nnc(-c2cccc(C#Cc3nc(C4CCC4)cs3)c2)c1C(=O)O. The maximum absolute atomic E-state index is 11.4. The van der Waals surface area contributed by atoms with Crippen LogP contribution in [0, 0.1) is 11.8 Å². The van der Waals surface area contributed by atoms with Crippen molar-refractivity contribution < 1.29 is 9.90 Å². The molecule has 1 aliphatic carbocycles. The van der Waals surface area contributed by atoms with Crippen LogP contribution in [0.2, 0.25) is 0 Å². The second kappa shape index (κ2) is 6.73. The van der Waals surface area contributed by atoms with Gasteiger partial charge in [-0.25, -0.2) is 14.5 Å². The third-order valence-corrected chi connectivity index (χ3v) is 5.30. The van der Waals surface area contributed by atoms with Crippen molar-refractivity contribution in [1.29, 1.82) is 0 Å². The molecule has 2 heterocycles. The van der Waals surface area contributed by atoms with Gasteiger partial charge in [0, 0.05) is 29.5 Å². The zero-order chi connectivity index (χ0) is 18.1. The molecule has 0 unspecified atom stereocenters. The first-order chi connectivity index (χ1) is 12.6. The summed E-state index contributed by atoms with van der Waals surface area (Å²) in [5.41, 5.74) is 3.01. The van der Waals surface area contributed by atoms with Gasteiger partial charge in [0.25, 0.3) is 0 Å². The average Bonchev–Trinajstić information content (AvgIpc) is 3.18. The maximum Gasteiger partial charge on any atom is 0.356 e. The number of rotatable bonds is 3. The number of nitrogens with zero attached hydrogens (tertiary/aromatic N) is 4. The number of hydrogen-bond donors (Lipinski definition) is 1. The van der Waals surface area contributed by atoms with Gasteiger partial charge in [-0.05, 0) is 30.9 Å². The molecule has 0 radical (unpaired) electrons. The third kappa shape index (κ3) is 3.11. The van der Waals surface area contributed by atoms with E-state index in [0.29, 0.717) is 17.2 Å². The number of carboxylic acids is 1. The molecule has 2 aromatic heterocycles. The van der Waals surface area contributed by atoms with Crippen molar-refractivity contribution >= 4 is 17.3 Å². The maximum atomic E-state index is 11.4. The quantitative estimate of drug-likeness (QED) is 0.721. The van der Waals surface area contributed by atoms with Gasteiger partial charge in [0.05, 0.1) is 5.69 Å². The molecule has 1 aliphatic rings. The Hall–Kier alpha value is -2.98. The average molecular weight is 364 g/mol. The molecule has 0 atom stereocenters. The van der Waals surface area contributed by atoms with Crippen molar-refractivity contribution in [3.05, 3.63) is 51.6 Å². The van der Waals surface area contributed by atoms with E-state index >= 15 is 0 Å². The molecule has 0 amide bonds. The summed E-state index contributed by atoms with van der Waals surface area (Å²) >= 11 is 1.57. The molecule has 1 N–H and O–H groups in total. The molecule has 0 saturated heterocycles. The highest BCUT2D eigenvalue weighted by molar-refractivity contribution is 7.10. The van der Waals surface area contributed by atoms with E-state index in [0.717, 1.165) is 16.3 Å². The Morgan fingerprint density at radius 3 is 2.92 bits per heavy atom. The van der Waals surface area contributed by atoms with Crippen LogP contribution in [0.25, 0.3) is 11.3 Å². The Bertz CT molecular complexity index is 1040. The summed E-state index contributed by atoms with van der Waals surface area (Å²) in [6.45, 7) is 0. The number of aryl methyl sites for hydroxylation is 1. The standard InChI is InChI=1S/C19H16N4O2S/c1-23-18(19(24)25)17(21-22-23)14-7-2-4-12(10-14)8-9-16-20-15(11-26-16)13-5-3-6-13/h2,4,7,10-11,13H,3,5-6H2,1H3,(H,24,25). The normalized spacial score (nSPS) is 13.7. The molecular formula is C19H16N4O2S. The fraction of sp³-hybridized carbons (Fsp3) is 0.263. The molecule has 3 aromatic rings. The predicted octanol–water partition coefficient (Wildman–Crippen LogP) is 3.30. The molecule has 7 heteroatoms. The summed E-state index contributed by atoms with van der Waals surface area (Å²) in [6, 6.07) is 7.35. The summed E-state index contributed by atoms with van der Waals surface area (Å²) in [5, 5.41) is 20.1. The van der Waals surface area contributed by atoms with E-state index in [1.165, 1.54) is 23.9 Å². The highest BCUT2D eigenvalue weighted by Gasteiger charge is 2.22. The van der Waals surface area contributed by atoms with Crippen LogP contribution in [0.5, 0.6) is 0 Å². The summed E-state index contributed by atoms with van der Waals surface area (Å²) in [6.07, 6.45) is 3.74. The van der Waals surface area contributed by atoms with Crippen LogP contribution in [0.3, 0.4) is 0 Å². The number of aromatic nitrogens is 4. The Balaban J connectivity index is 1.61. The lowest BCUT2D eigenvalue weighted by atomic mass is 9.83. The molecule has 1 saturated carbocycles. The molecule has 1 fully saturated rings. The van der Waals surface area contributed by atoms with Gasteiger partial charge in [-0.15, -0.1) is 16.4 Å². The van der Waals surface area contributed by atoms with Crippen LogP contribution in [0.1, 0.15) is 51.9 Å². The predicted molar refractivity (Wildman–Crippen MR) is 98.1 cm³/mol. The van der Waals surface area contributed by atoms with Crippen LogP contribution in [-0.2, 0) is 7.05 Å². The lowest BCUT2D eigenvalue weighted by Crippen LogP contribution is -2.08. The van der Waals surface area contributed by atoms with E-state index in [4.69, 9.17) is 0 Å². The van der Waals surface area contributed by atoms with Gasteiger partial charge in [0.1, 0.15) is 5.69 Å². The van der Waals surface area contributed by atoms with E-state index in [1.807, 2.05) is 18.2 Å². The summed E-state index contributed by atoms with van der Waals surface area (Å²) in [7, 11) is 1.56. The first-order valence-corrected chi connectivity index (χ1v) is 9.20. The van der Waals surface area contributed by atoms with Crippen molar-refractivity contribution in [3.63, 3.8) is 0 Å². The van der Waals surface area contributed by atoms with E-state index in [1.54, 1.807) is 24.5 Å². The minimum absolute atomic E-state index is 0.0557. The molecule has 0 bridgehead atoms. The number of benzene rings is 1. The monoisotopic (exact) mass is 364 g/mol. The minimum Gasteiger partial charge on any atom is -0.476 e. The van der Waals surface area contributed by atoms with Crippen molar-refractivity contribution in [3.8, 4) is 23.1 Å².